The van der Waals surface area contributed by atoms with E-state index in [1.807, 2.05) is 0 Å². The number of alkyl halides is 1. The molecule has 1 atom stereocenters. The zero-order chi connectivity index (χ0) is 6.41. The topological polar surface area (TPSA) is 23.8 Å². The van der Waals surface area contributed by atoms with Gasteiger partial charge in [-0.1, -0.05) is 6.08 Å². The molecule has 1 nitrogen and oxygen atoms in total. The Morgan fingerprint density at radius 2 is 2.50 bits per heavy atom. The fraction of sp³-hybridized carbons (Fsp3) is 0.333. The van der Waals surface area contributed by atoms with Crippen LogP contribution in [-0.4, -0.2) is 6.17 Å². The standard InChI is InChI=1S/C6H7FN/c1-2-3-4-6(7)5-8/h3-4,6H,1-2H2. The quantitative estimate of drug-likeness (QED) is 0.498. The van der Waals surface area contributed by atoms with Gasteiger partial charge in [0.2, 0.25) is 6.17 Å². The second-order valence-corrected chi connectivity index (χ2v) is 1.25. The first-order chi connectivity index (χ1) is 3.81. The third kappa shape index (κ3) is 3.35. The molecule has 43 valence electrons. The van der Waals surface area contributed by atoms with Crippen LogP contribution in [0.25, 0.3) is 0 Å². The lowest BCUT2D eigenvalue weighted by molar-refractivity contribution is 0.477. The number of allylic oxidation sites excluding steroid dienone is 2. The van der Waals surface area contributed by atoms with Gasteiger partial charge in [0.05, 0.1) is 0 Å². The Morgan fingerprint density at radius 1 is 1.88 bits per heavy atom. The van der Waals surface area contributed by atoms with Crippen molar-refractivity contribution in [3.05, 3.63) is 19.1 Å². The molecule has 0 saturated carbocycles. The molecule has 0 amide bonds. The maximum Gasteiger partial charge on any atom is 0.204 e. The van der Waals surface area contributed by atoms with Crippen molar-refractivity contribution in [1.82, 2.24) is 0 Å². The molecule has 0 aromatic carbocycles. The molecule has 0 heterocycles. The van der Waals surface area contributed by atoms with E-state index in [9.17, 15) is 4.39 Å². The Balaban J connectivity index is 3.40. The van der Waals surface area contributed by atoms with Crippen LogP contribution in [0.2, 0.25) is 0 Å². The van der Waals surface area contributed by atoms with Gasteiger partial charge in [0.25, 0.3) is 0 Å². The predicted molar refractivity (Wildman–Crippen MR) is 29.6 cm³/mol. The van der Waals surface area contributed by atoms with Crippen LogP contribution in [0.3, 0.4) is 0 Å². The minimum absolute atomic E-state index is 0.530. The molecule has 0 spiro atoms. The van der Waals surface area contributed by atoms with Crippen molar-refractivity contribution < 1.29 is 4.39 Å². The average Bonchev–Trinajstić information content (AvgIpc) is 1.83. The SMILES string of the molecule is [CH2]CC=CC(F)C#N. The molecule has 0 fully saturated rings. The highest BCUT2D eigenvalue weighted by molar-refractivity contribution is 5.01. The van der Waals surface area contributed by atoms with Crippen molar-refractivity contribution in [2.45, 2.75) is 12.6 Å². The Kier molecular flexibility index (Phi) is 3.87. The molecule has 0 aliphatic rings. The van der Waals surface area contributed by atoms with Crippen LogP contribution in [0.1, 0.15) is 6.42 Å². The molecule has 2 heteroatoms. The van der Waals surface area contributed by atoms with Crippen LogP contribution < -0.4 is 0 Å². The van der Waals surface area contributed by atoms with Gasteiger partial charge in [0.1, 0.15) is 6.07 Å². The molecule has 0 N–H and O–H groups in total. The summed E-state index contributed by atoms with van der Waals surface area (Å²) in [5.41, 5.74) is 0. The Hall–Kier alpha value is -0.840. The fourth-order valence-electron chi connectivity index (χ4n) is 0.259. The van der Waals surface area contributed by atoms with Crippen molar-refractivity contribution in [2.75, 3.05) is 0 Å². The van der Waals surface area contributed by atoms with Crippen LogP contribution in [0, 0.1) is 18.3 Å². The number of hydrogen-bond acceptors (Lipinski definition) is 1. The molecular formula is C6H7FN. The highest BCUT2D eigenvalue weighted by atomic mass is 19.1. The first-order valence-electron chi connectivity index (χ1n) is 2.31. The van der Waals surface area contributed by atoms with Crippen LogP contribution in [0.4, 0.5) is 4.39 Å². The number of hydrogen-bond donors (Lipinski definition) is 0. The largest absolute Gasteiger partial charge is 0.226 e. The summed E-state index contributed by atoms with van der Waals surface area (Å²) in [6.45, 7) is 3.43. The molecule has 0 bridgehead atoms. The van der Waals surface area contributed by atoms with Gasteiger partial charge in [-0.25, -0.2) is 4.39 Å². The van der Waals surface area contributed by atoms with E-state index in [4.69, 9.17) is 5.26 Å². The number of rotatable bonds is 2. The predicted octanol–water partition coefficient (Wildman–Crippen LogP) is 1.63. The van der Waals surface area contributed by atoms with E-state index in [1.54, 1.807) is 0 Å². The minimum atomic E-state index is -1.46. The molecule has 0 aromatic heterocycles. The highest BCUT2D eigenvalue weighted by Crippen LogP contribution is 1.90. The first kappa shape index (κ1) is 7.16. The van der Waals surface area contributed by atoms with Gasteiger partial charge in [-0.05, 0) is 19.4 Å². The summed E-state index contributed by atoms with van der Waals surface area (Å²) >= 11 is 0. The van der Waals surface area contributed by atoms with Crippen LogP contribution >= 0.6 is 0 Å². The van der Waals surface area contributed by atoms with Gasteiger partial charge < -0.3 is 0 Å². The number of nitriles is 1. The second kappa shape index (κ2) is 4.32. The fourth-order valence-corrected chi connectivity index (χ4v) is 0.259. The summed E-state index contributed by atoms with van der Waals surface area (Å²) < 4.78 is 11.8. The van der Waals surface area contributed by atoms with Gasteiger partial charge in [-0.15, -0.1) is 0 Å². The zero-order valence-corrected chi connectivity index (χ0v) is 4.47. The second-order valence-electron chi connectivity index (χ2n) is 1.25. The molecule has 0 aliphatic heterocycles. The van der Waals surface area contributed by atoms with Gasteiger partial charge in [0.15, 0.2) is 0 Å². The van der Waals surface area contributed by atoms with E-state index in [1.165, 1.54) is 18.2 Å². The van der Waals surface area contributed by atoms with Crippen LogP contribution in [0.15, 0.2) is 12.2 Å². The van der Waals surface area contributed by atoms with E-state index in [2.05, 4.69) is 6.92 Å². The van der Waals surface area contributed by atoms with Crippen molar-refractivity contribution in [3.63, 3.8) is 0 Å². The molecule has 1 unspecified atom stereocenters. The molecular weight excluding hydrogens is 105 g/mol. The van der Waals surface area contributed by atoms with E-state index < -0.39 is 6.17 Å². The first-order valence-corrected chi connectivity index (χ1v) is 2.31. The third-order valence-corrected chi connectivity index (χ3v) is 0.595. The average molecular weight is 112 g/mol. The van der Waals surface area contributed by atoms with Crippen molar-refractivity contribution >= 4 is 0 Å². The highest BCUT2D eigenvalue weighted by Gasteiger charge is 1.92. The summed E-state index contributed by atoms with van der Waals surface area (Å²) in [4.78, 5) is 0. The number of nitrogens with zero attached hydrogens (tertiary/aromatic N) is 1. The monoisotopic (exact) mass is 112 g/mol. The smallest absolute Gasteiger partial charge is 0.204 e. The minimum Gasteiger partial charge on any atom is -0.226 e. The van der Waals surface area contributed by atoms with Crippen molar-refractivity contribution in [3.8, 4) is 6.07 Å². The Morgan fingerprint density at radius 3 is 2.88 bits per heavy atom. The van der Waals surface area contributed by atoms with Crippen molar-refractivity contribution in [2.24, 2.45) is 0 Å². The summed E-state index contributed by atoms with van der Waals surface area (Å²) in [7, 11) is 0. The lowest BCUT2D eigenvalue weighted by atomic mass is 10.3. The van der Waals surface area contributed by atoms with Gasteiger partial charge in [0, 0.05) is 0 Å². The maximum absolute atomic E-state index is 11.8. The van der Waals surface area contributed by atoms with E-state index in [0.717, 1.165) is 0 Å². The Bertz CT molecular complexity index is 112. The third-order valence-electron chi connectivity index (χ3n) is 0.595. The van der Waals surface area contributed by atoms with Gasteiger partial charge in [-0.2, -0.15) is 5.26 Å². The molecule has 1 radical (unpaired) electrons. The lowest BCUT2D eigenvalue weighted by Crippen LogP contribution is -1.85. The molecule has 0 rings (SSSR count). The molecule has 0 saturated heterocycles. The normalized spacial score (nSPS) is 13.6. The molecule has 8 heavy (non-hydrogen) atoms. The summed E-state index contributed by atoms with van der Waals surface area (Å²) in [6.07, 6.45) is 1.78. The number of halogens is 1. The van der Waals surface area contributed by atoms with Crippen LogP contribution in [-0.2, 0) is 0 Å². The van der Waals surface area contributed by atoms with E-state index in [0.29, 0.717) is 6.42 Å². The van der Waals surface area contributed by atoms with E-state index in [-0.39, 0.29) is 0 Å². The Labute approximate surface area is 48.4 Å². The van der Waals surface area contributed by atoms with Gasteiger partial charge in [-0.3, -0.25) is 0 Å². The summed E-state index contributed by atoms with van der Waals surface area (Å²) in [5, 5.41) is 7.86. The molecule has 0 aromatic rings. The van der Waals surface area contributed by atoms with Crippen LogP contribution in [0.5, 0.6) is 0 Å². The maximum atomic E-state index is 11.8. The van der Waals surface area contributed by atoms with E-state index >= 15 is 0 Å². The zero-order valence-electron chi connectivity index (χ0n) is 4.47. The summed E-state index contributed by atoms with van der Waals surface area (Å²) in [5.74, 6) is 0. The molecule has 0 aliphatic carbocycles. The summed E-state index contributed by atoms with van der Waals surface area (Å²) in [6, 6.07) is 1.42. The van der Waals surface area contributed by atoms with Crippen molar-refractivity contribution in [1.29, 1.82) is 5.26 Å². The lowest BCUT2D eigenvalue weighted by Gasteiger charge is -1.82. The van der Waals surface area contributed by atoms with Gasteiger partial charge >= 0.3 is 0 Å².